The molecule has 0 radical (unpaired) electrons. The lowest BCUT2D eigenvalue weighted by molar-refractivity contribution is -0.130. The molecule has 0 spiro atoms. The summed E-state index contributed by atoms with van der Waals surface area (Å²) >= 11 is 0. The molecule has 0 atom stereocenters. The third-order valence-electron chi connectivity index (χ3n) is 3.13. The first-order chi connectivity index (χ1) is 9.16. The summed E-state index contributed by atoms with van der Waals surface area (Å²) in [6.45, 7) is 2.65. The SMILES string of the molecule is O=C(O)c1ccc(CC(=O)N2CCCOCC2)cc1. The smallest absolute Gasteiger partial charge is 0.335 e. The van der Waals surface area contributed by atoms with Crippen LogP contribution in [0.1, 0.15) is 22.3 Å². The molecule has 1 aliphatic rings. The molecule has 1 heterocycles. The number of carboxylic acid groups (broad SMARTS) is 1. The molecule has 0 unspecified atom stereocenters. The van der Waals surface area contributed by atoms with Crippen molar-refractivity contribution in [2.45, 2.75) is 12.8 Å². The third-order valence-corrected chi connectivity index (χ3v) is 3.13. The van der Waals surface area contributed by atoms with Crippen LogP contribution in [-0.2, 0) is 16.0 Å². The monoisotopic (exact) mass is 263 g/mol. The zero-order chi connectivity index (χ0) is 13.7. The maximum absolute atomic E-state index is 12.1. The predicted octanol–water partition coefficient (Wildman–Crippen LogP) is 1.18. The van der Waals surface area contributed by atoms with E-state index in [4.69, 9.17) is 9.84 Å². The molecule has 1 aromatic carbocycles. The summed E-state index contributed by atoms with van der Waals surface area (Å²) < 4.78 is 5.31. The minimum absolute atomic E-state index is 0.0635. The Morgan fingerprint density at radius 2 is 1.89 bits per heavy atom. The average Bonchev–Trinajstić information content (AvgIpc) is 2.68. The molecule has 0 aromatic heterocycles. The summed E-state index contributed by atoms with van der Waals surface area (Å²) in [6, 6.07) is 6.43. The standard InChI is InChI=1S/C14H17NO4/c16-13(15-6-1-8-19-9-7-15)10-11-2-4-12(5-3-11)14(17)18/h2-5H,1,6-10H2,(H,17,18). The van der Waals surface area contributed by atoms with Crippen LogP contribution in [0.15, 0.2) is 24.3 Å². The largest absolute Gasteiger partial charge is 0.478 e. The van der Waals surface area contributed by atoms with Crippen LogP contribution in [0.5, 0.6) is 0 Å². The summed E-state index contributed by atoms with van der Waals surface area (Å²) in [5.41, 5.74) is 1.07. The highest BCUT2D eigenvalue weighted by atomic mass is 16.5. The average molecular weight is 263 g/mol. The van der Waals surface area contributed by atoms with Gasteiger partial charge in [-0.15, -0.1) is 0 Å². The van der Waals surface area contributed by atoms with Gasteiger partial charge in [0.05, 0.1) is 18.6 Å². The van der Waals surface area contributed by atoms with E-state index >= 15 is 0 Å². The second-order valence-corrected chi connectivity index (χ2v) is 4.53. The fourth-order valence-electron chi connectivity index (χ4n) is 2.05. The lowest BCUT2D eigenvalue weighted by Crippen LogP contribution is -2.34. The van der Waals surface area contributed by atoms with Crippen molar-refractivity contribution in [3.63, 3.8) is 0 Å². The number of ether oxygens (including phenoxy) is 1. The first-order valence-electron chi connectivity index (χ1n) is 6.34. The van der Waals surface area contributed by atoms with E-state index in [1.807, 2.05) is 0 Å². The summed E-state index contributed by atoms with van der Waals surface area (Å²) in [6.07, 6.45) is 1.17. The molecule has 102 valence electrons. The van der Waals surface area contributed by atoms with Gasteiger partial charge in [0.2, 0.25) is 5.91 Å². The zero-order valence-corrected chi connectivity index (χ0v) is 10.7. The highest BCUT2D eigenvalue weighted by Gasteiger charge is 2.16. The van der Waals surface area contributed by atoms with E-state index in [-0.39, 0.29) is 11.5 Å². The van der Waals surface area contributed by atoms with Crippen LogP contribution in [0, 0.1) is 0 Å². The van der Waals surface area contributed by atoms with E-state index in [2.05, 4.69) is 0 Å². The van der Waals surface area contributed by atoms with Gasteiger partial charge in [-0.1, -0.05) is 12.1 Å². The van der Waals surface area contributed by atoms with Crippen LogP contribution in [-0.4, -0.2) is 48.2 Å². The van der Waals surface area contributed by atoms with Crippen molar-refractivity contribution in [3.8, 4) is 0 Å². The van der Waals surface area contributed by atoms with Crippen molar-refractivity contribution < 1.29 is 19.4 Å². The van der Waals surface area contributed by atoms with E-state index in [0.29, 0.717) is 26.2 Å². The Balaban J connectivity index is 1.95. The molecule has 2 rings (SSSR count). The molecule has 1 N–H and O–H groups in total. The van der Waals surface area contributed by atoms with E-state index < -0.39 is 5.97 Å². The molecule has 1 amide bonds. The predicted molar refractivity (Wildman–Crippen MR) is 69.1 cm³/mol. The van der Waals surface area contributed by atoms with E-state index in [1.165, 1.54) is 12.1 Å². The molecular formula is C14H17NO4. The van der Waals surface area contributed by atoms with Crippen LogP contribution < -0.4 is 0 Å². The van der Waals surface area contributed by atoms with Crippen LogP contribution in [0.2, 0.25) is 0 Å². The Bertz CT molecular complexity index is 447. The molecule has 0 bridgehead atoms. The number of amides is 1. The van der Waals surface area contributed by atoms with Gasteiger partial charge in [0.1, 0.15) is 0 Å². The molecule has 19 heavy (non-hydrogen) atoms. The van der Waals surface area contributed by atoms with Crippen LogP contribution in [0.4, 0.5) is 0 Å². The number of carboxylic acids is 1. The van der Waals surface area contributed by atoms with Crippen LogP contribution in [0.3, 0.4) is 0 Å². The molecule has 1 aromatic rings. The third kappa shape index (κ3) is 3.79. The first kappa shape index (κ1) is 13.5. The topological polar surface area (TPSA) is 66.8 Å². The minimum atomic E-state index is -0.956. The minimum Gasteiger partial charge on any atom is -0.478 e. The summed E-state index contributed by atoms with van der Waals surface area (Å²) in [5, 5.41) is 8.80. The molecule has 0 aliphatic carbocycles. The number of nitrogens with zero attached hydrogens (tertiary/aromatic N) is 1. The van der Waals surface area contributed by atoms with Crippen molar-refractivity contribution in [1.29, 1.82) is 0 Å². The van der Waals surface area contributed by atoms with Crippen molar-refractivity contribution in [2.24, 2.45) is 0 Å². The molecular weight excluding hydrogens is 246 g/mol. The molecule has 1 aliphatic heterocycles. The highest BCUT2D eigenvalue weighted by Crippen LogP contribution is 2.08. The first-order valence-corrected chi connectivity index (χ1v) is 6.34. The number of benzene rings is 1. The van der Waals surface area contributed by atoms with Gasteiger partial charge in [-0.05, 0) is 24.1 Å². The van der Waals surface area contributed by atoms with Crippen molar-refractivity contribution in [1.82, 2.24) is 4.90 Å². The molecule has 0 saturated carbocycles. The Morgan fingerprint density at radius 3 is 2.58 bits per heavy atom. The second-order valence-electron chi connectivity index (χ2n) is 4.53. The van der Waals surface area contributed by atoms with E-state index in [1.54, 1.807) is 17.0 Å². The Labute approximate surface area is 111 Å². The van der Waals surface area contributed by atoms with E-state index in [0.717, 1.165) is 18.5 Å². The lowest BCUT2D eigenvalue weighted by atomic mass is 10.1. The van der Waals surface area contributed by atoms with Gasteiger partial charge in [-0.3, -0.25) is 4.79 Å². The van der Waals surface area contributed by atoms with E-state index in [9.17, 15) is 9.59 Å². The van der Waals surface area contributed by atoms with Gasteiger partial charge in [-0.25, -0.2) is 4.79 Å². The van der Waals surface area contributed by atoms with Gasteiger partial charge >= 0.3 is 5.97 Å². The molecule has 1 saturated heterocycles. The summed E-state index contributed by atoms with van der Waals surface area (Å²) in [4.78, 5) is 24.6. The fraction of sp³-hybridized carbons (Fsp3) is 0.429. The van der Waals surface area contributed by atoms with Gasteiger partial charge < -0.3 is 14.7 Å². The number of carbonyl (C=O) groups excluding carboxylic acids is 1. The number of hydrogen-bond donors (Lipinski definition) is 1. The summed E-state index contributed by atoms with van der Waals surface area (Å²) in [7, 11) is 0. The highest BCUT2D eigenvalue weighted by molar-refractivity contribution is 5.87. The summed E-state index contributed by atoms with van der Waals surface area (Å²) in [5.74, 6) is -0.892. The maximum atomic E-state index is 12.1. The molecule has 1 fully saturated rings. The molecule has 5 nitrogen and oxygen atoms in total. The zero-order valence-electron chi connectivity index (χ0n) is 10.7. The second kappa shape index (κ2) is 6.33. The van der Waals surface area contributed by atoms with Crippen LogP contribution >= 0.6 is 0 Å². The number of aromatic carboxylic acids is 1. The van der Waals surface area contributed by atoms with Crippen molar-refractivity contribution in [3.05, 3.63) is 35.4 Å². The number of rotatable bonds is 3. The fourth-order valence-corrected chi connectivity index (χ4v) is 2.05. The van der Waals surface area contributed by atoms with Crippen molar-refractivity contribution in [2.75, 3.05) is 26.3 Å². The number of carbonyl (C=O) groups is 2. The maximum Gasteiger partial charge on any atom is 0.335 e. The Hall–Kier alpha value is -1.88. The van der Waals surface area contributed by atoms with Gasteiger partial charge in [-0.2, -0.15) is 0 Å². The quantitative estimate of drug-likeness (QED) is 0.889. The van der Waals surface area contributed by atoms with Gasteiger partial charge in [0.25, 0.3) is 0 Å². The van der Waals surface area contributed by atoms with Crippen molar-refractivity contribution >= 4 is 11.9 Å². The Kier molecular flexibility index (Phi) is 4.52. The normalized spacial score (nSPS) is 15.9. The van der Waals surface area contributed by atoms with Crippen LogP contribution in [0.25, 0.3) is 0 Å². The van der Waals surface area contributed by atoms with Gasteiger partial charge in [0, 0.05) is 19.7 Å². The lowest BCUT2D eigenvalue weighted by Gasteiger charge is -2.19. The Morgan fingerprint density at radius 1 is 1.16 bits per heavy atom. The molecule has 5 heteroatoms. The van der Waals surface area contributed by atoms with Gasteiger partial charge in [0.15, 0.2) is 0 Å². The number of hydrogen-bond acceptors (Lipinski definition) is 3.